The molecule has 0 bridgehead atoms. The molecule has 0 aliphatic heterocycles. The third-order valence-corrected chi connectivity index (χ3v) is 3.91. The normalized spacial score (nSPS) is 12.4. The maximum absolute atomic E-state index is 12.8. The highest BCUT2D eigenvalue weighted by molar-refractivity contribution is 7.99. The monoisotopic (exact) mass is 306 g/mol. The van der Waals surface area contributed by atoms with Crippen LogP contribution in [0, 0.1) is 5.82 Å². The highest BCUT2D eigenvalue weighted by Crippen LogP contribution is 2.25. The molecule has 21 heavy (non-hydrogen) atoms. The molecule has 2 rings (SSSR count). The van der Waals surface area contributed by atoms with Crippen molar-refractivity contribution in [3.63, 3.8) is 0 Å². The van der Waals surface area contributed by atoms with Crippen LogP contribution in [-0.4, -0.2) is 16.8 Å². The molecule has 2 aromatic rings. The van der Waals surface area contributed by atoms with Gasteiger partial charge in [-0.2, -0.15) is 0 Å². The molecule has 1 aromatic heterocycles. The first kappa shape index (κ1) is 15.8. The van der Waals surface area contributed by atoms with Crippen LogP contribution in [0.5, 0.6) is 5.75 Å². The third kappa shape index (κ3) is 5.02. The Balaban J connectivity index is 1.96. The Morgan fingerprint density at radius 1 is 1.24 bits per heavy atom. The first-order chi connectivity index (χ1) is 10.0. The molecule has 0 spiro atoms. The van der Waals surface area contributed by atoms with Crippen LogP contribution in [0.15, 0.2) is 47.6 Å². The van der Waals surface area contributed by atoms with Gasteiger partial charge in [-0.05, 0) is 49.7 Å². The van der Waals surface area contributed by atoms with Gasteiger partial charge < -0.3 is 10.5 Å². The van der Waals surface area contributed by atoms with Gasteiger partial charge in [-0.25, -0.2) is 4.39 Å². The summed E-state index contributed by atoms with van der Waals surface area (Å²) in [7, 11) is 0. The van der Waals surface area contributed by atoms with E-state index >= 15 is 0 Å². The van der Waals surface area contributed by atoms with Crippen molar-refractivity contribution in [3.8, 4) is 5.75 Å². The van der Waals surface area contributed by atoms with Gasteiger partial charge in [0.1, 0.15) is 11.6 Å². The number of halogens is 1. The molecule has 0 aliphatic carbocycles. The molecule has 1 atom stereocenters. The van der Waals surface area contributed by atoms with E-state index in [0.29, 0.717) is 5.75 Å². The van der Waals surface area contributed by atoms with Crippen molar-refractivity contribution in [2.75, 3.05) is 5.75 Å². The summed E-state index contributed by atoms with van der Waals surface area (Å²) >= 11 is 1.59. The molecule has 0 radical (unpaired) electrons. The summed E-state index contributed by atoms with van der Waals surface area (Å²) in [5, 5.41) is 0. The first-order valence-corrected chi connectivity index (χ1v) is 7.78. The Labute approximate surface area is 128 Å². The topological polar surface area (TPSA) is 48.1 Å². The number of hydrogen-bond donors (Lipinski definition) is 1. The lowest BCUT2D eigenvalue weighted by molar-refractivity contribution is 0.241. The Hall–Kier alpha value is -1.59. The standard InChI is InChI=1S/C16H19FN2OS/c1-11(2)20-14-7-12(8-19-9-14)16(18)10-21-15-5-3-13(17)4-6-15/h3-9,11,16H,10,18H2,1-2H3. The lowest BCUT2D eigenvalue weighted by Gasteiger charge is -2.14. The number of ether oxygens (including phenoxy) is 1. The van der Waals surface area contributed by atoms with Crippen molar-refractivity contribution in [3.05, 3.63) is 54.1 Å². The van der Waals surface area contributed by atoms with E-state index in [4.69, 9.17) is 10.5 Å². The van der Waals surface area contributed by atoms with Crippen molar-refractivity contribution in [1.29, 1.82) is 0 Å². The summed E-state index contributed by atoms with van der Waals surface area (Å²) in [5.74, 6) is 1.19. The fraction of sp³-hybridized carbons (Fsp3) is 0.312. The average molecular weight is 306 g/mol. The number of hydrogen-bond acceptors (Lipinski definition) is 4. The van der Waals surface area contributed by atoms with Crippen molar-refractivity contribution >= 4 is 11.8 Å². The van der Waals surface area contributed by atoms with E-state index < -0.39 is 0 Å². The van der Waals surface area contributed by atoms with Crippen LogP contribution in [0.4, 0.5) is 4.39 Å². The molecule has 0 aliphatic rings. The zero-order chi connectivity index (χ0) is 15.2. The molecule has 0 fully saturated rings. The van der Waals surface area contributed by atoms with Crippen LogP contribution in [0.25, 0.3) is 0 Å². The summed E-state index contributed by atoms with van der Waals surface area (Å²) in [4.78, 5) is 5.16. The highest BCUT2D eigenvalue weighted by Gasteiger charge is 2.09. The summed E-state index contributed by atoms with van der Waals surface area (Å²) < 4.78 is 18.5. The number of rotatable bonds is 6. The van der Waals surface area contributed by atoms with E-state index in [1.807, 2.05) is 19.9 Å². The van der Waals surface area contributed by atoms with Crippen LogP contribution in [0.1, 0.15) is 25.5 Å². The van der Waals surface area contributed by atoms with Gasteiger partial charge in [0.05, 0.1) is 12.3 Å². The van der Waals surface area contributed by atoms with Crippen LogP contribution >= 0.6 is 11.8 Å². The van der Waals surface area contributed by atoms with Crippen molar-refractivity contribution in [2.24, 2.45) is 5.73 Å². The average Bonchev–Trinajstić information content (AvgIpc) is 2.46. The lowest BCUT2D eigenvalue weighted by Crippen LogP contribution is -2.14. The minimum Gasteiger partial charge on any atom is -0.489 e. The van der Waals surface area contributed by atoms with E-state index in [1.54, 1.807) is 36.3 Å². The van der Waals surface area contributed by atoms with Crippen LogP contribution in [-0.2, 0) is 0 Å². The Morgan fingerprint density at radius 2 is 1.95 bits per heavy atom. The smallest absolute Gasteiger partial charge is 0.138 e. The van der Waals surface area contributed by atoms with E-state index in [2.05, 4.69) is 4.98 Å². The van der Waals surface area contributed by atoms with Crippen LogP contribution in [0.3, 0.4) is 0 Å². The van der Waals surface area contributed by atoms with E-state index in [-0.39, 0.29) is 18.0 Å². The SMILES string of the molecule is CC(C)Oc1cncc(C(N)CSc2ccc(F)cc2)c1. The maximum atomic E-state index is 12.8. The minimum absolute atomic E-state index is 0.104. The van der Waals surface area contributed by atoms with Crippen molar-refractivity contribution in [1.82, 2.24) is 4.98 Å². The number of nitrogens with zero attached hydrogens (tertiary/aromatic N) is 1. The van der Waals surface area contributed by atoms with Gasteiger partial charge in [-0.3, -0.25) is 4.98 Å². The Kier molecular flexibility index (Phi) is 5.59. The molecule has 0 saturated carbocycles. The second-order valence-corrected chi connectivity index (χ2v) is 6.09. The Bertz CT molecular complexity index is 575. The molecule has 5 heteroatoms. The van der Waals surface area contributed by atoms with E-state index in [0.717, 1.165) is 16.2 Å². The molecule has 1 aromatic carbocycles. The largest absolute Gasteiger partial charge is 0.489 e. The van der Waals surface area contributed by atoms with Crippen LogP contribution in [0.2, 0.25) is 0 Å². The third-order valence-electron chi connectivity index (χ3n) is 2.78. The zero-order valence-corrected chi connectivity index (χ0v) is 12.9. The number of benzene rings is 1. The van der Waals surface area contributed by atoms with Crippen LogP contribution < -0.4 is 10.5 Å². The van der Waals surface area contributed by atoms with Gasteiger partial charge in [0.25, 0.3) is 0 Å². The number of nitrogens with two attached hydrogens (primary N) is 1. The van der Waals surface area contributed by atoms with Gasteiger partial charge in [-0.1, -0.05) is 0 Å². The summed E-state index contributed by atoms with van der Waals surface area (Å²) in [6.07, 6.45) is 3.54. The quantitative estimate of drug-likeness (QED) is 0.825. The molecule has 2 N–H and O–H groups in total. The van der Waals surface area contributed by atoms with Crippen molar-refractivity contribution < 1.29 is 9.13 Å². The number of aromatic nitrogens is 1. The van der Waals surface area contributed by atoms with Gasteiger partial charge in [0.2, 0.25) is 0 Å². The van der Waals surface area contributed by atoms with Crippen molar-refractivity contribution in [2.45, 2.75) is 30.9 Å². The minimum atomic E-state index is -0.230. The molecule has 112 valence electrons. The van der Waals surface area contributed by atoms with E-state index in [1.165, 1.54) is 12.1 Å². The molecule has 0 amide bonds. The van der Waals surface area contributed by atoms with Gasteiger partial charge in [0, 0.05) is 22.9 Å². The molecule has 3 nitrogen and oxygen atoms in total. The van der Waals surface area contributed by atoms with Gasteiger partial charge >= 0.3 is 0 Å². The predicted octanol–water partition coefficient (Wildman–Crippen LogP) is 3.80. The van der Waals surface area contributed by atoms with Gasteiger partial charge in [0.15, 0.2) is 0 Å². The van der Waals surface area contributed by atoms with E-state index in [9.17, 15) is 4.39 Å². The summed E-state index contributed by atoms with van der Waals surface area (Å²) in [6.45, 7) is 3.94. The fourth-order valence-corrected chi connectivity index (χ4v) is 2.68. The predicted molar refractivity (Wildman–Crippen MR) is 84.1 cm³/mol. The molecule has 1 heterocycles. The number of pyridine rings is 1. The Morgan fingerprint density at radius 3 is 2.62 bits per heavy atom. The number of thioether (sulfide) groups is 1. The highest BCUT2D eigenvalue weighted by atomic mass is 32.2. The summed E-state index contributed by atoms with van der Waals surface area (Å²) in [6, 6.07) is 8.18. The fourth-order valence-electron chi connectivity index (χ4n) is 1.79. The molecule has 0 saturated heterocycles. The lowest BCUT2D eigenvalue weighted by atomic mass is 10.1. The maximum Gasteiger partial charge on any atom is 0.138 e. The molecular formula is C16H19FN2OS. The van der Waals surface area contributed by atoms with Gasteiger partial charge in [-0.15, -0.1) is 11.8 Å². The second kappa shape index (κ2) is 7.43. The zero-order valence-electron chi connectivity index (χ0n) is 12.1. The first-order valence-electron chi connectivity index (χ1n) is 6.80. The summed E-state index contributed by atoms with van der Waals surface area (Å²) in [5.41, 5.74) is 7.12. The molecular weight excluding hydrogens is 287 g/mol. The second-order valence-electron chi connectivity index (χ2n) is 4.99. The molecule has 1 unspecified atom stereocenters.